The molecule has 0 aromatic heterocycles. The number of nitrogens with zero attached hydrogens (tertiary/aromatic N) is 1. The van der Waals surface area contributed by atoms with Crippen LogP contribution in [0.25, 0.3) is 0 Å². The second kappa shape index (κ2) is 13.8. The summed E-state index contributed by atoms with van der Waals surface area (Å²) in [5.41, 5.74) is 0.325. The number of benzene rings is 1. The Balaban J connectivity index is 2.20. The minimum absolute atomic E-state index is 0.194. The molecule has 3 unspecified atom stereocenters. The van der Waals surface area contributed by atoms with Crippen LogP contribution >= 0.6 is 11.8 Å². The molecular formula is C26H35N3O8S. The number of rotatable bonds is 12. The minimum atomic E-state index is -1.19. The van der Waals surface area contributed by atoms with Crippen LogP contribution in [0.2, 0.25) is 0 Å². The molecule has 12 heteroatoms. The largest absolute Gasteiger partial charge is 0.480 e. The summed E-state index contributed by atoms with van der Waals surface area (Å²) < 4.78 is 10.2. The number of carboxylic acids is 1. The maximum atomic E-state index is 13.3. The third-order valence-electron chi connectivity index (χ3n) is 5.33. The molecule has 0 spiro atoms. The van der Waals surface area contributed by atoms with Gasteiger partial charge in [-0.25, -0.2) is 4.79 Å². The normalized spacial score (nSPS) is 18.2. The molecule has 3 N–H and O–H groups in total. The molecule has 1 fully saturated rings. The molecule has 11 nitrogen and oxygen atoms in total. The molecule has 1 aliphatic heterocycles. The number of β-lactam (4-membered cyclic amide) rings is 1. The molecule has 1 aliphatic rings. The fraction of sp³-hybridized carbons (Fsp3) is 0.500. The van der Waals surface area contributed by atoms with Gasteiger partial charge in [0, 0.05) is 5.75 Å². The number of carboxylic acid groups (broad SMARTS) is 1. The lowest BCUT2D eigenvalue weighted by atomic mass is 9.89. The summed E-state index contributed by atoms with van der Waals surface area (Å²) in [5, 5.41) is 16.2. The molecule has 208 valence electrons. The third kappa shape index (κ3) is 9.09. The molecule has 1 aromatic rings. The molecule has 1 heterocycles. The van der Waals surface area contributed by atoms with Crippen LogP contribution in [0.3, 0.4) is 0 Å². The lowest BCUT2D eigenvalue weighted by Gasteiger charge is -2.47. The van der Waals surface area contributed by atoms with E-state index in [1.807, 2.05) is 0 Å². The summed E-state index contributed by atoms with van der Waals surface area (Å²) in [5.74, 6) is -2.29. The molecule has 0 aliphatic carbocycles. The quantitative estimate of drug-likeness (QED) is 0.203. The van der Waals surface area contributed by atoms with Crippen LogP contribution in [0.15, 0.2) is 41.3 Å². The number of alkyl carbamates (subject to hydrolysis) is 1. The Kier molecular flexibility index (Phi) is 11.2. The molecule has 3 atom stereocenters. The van der Waals surface area contributed by atoms with Gasteiger partial charge in [0.05, 0.1) is 19.1 Å². The number of hydrogen-bond donors (Lipinski definition) is 3. The molecule has 0 radical (unpaired) electrons. The standard InChI is InChI=1S/C26H35N3O8S/c1-6-36-19(32)12-13-38-15-16(2)22-21(24(34)29(22)14-18(30)31)27-23(33)20(17-10-8-7-9-11-17)28-25(35)37-26(3,4)5/h7-11,15,20-22H,6,12-14H2,1-5H3,(H,27,33)(H,28,35)(H,30,31). The first-order chi connectivity index (χ1) is 17.8. The highest BCUT2D eigenvalue weighted by Gasteiger charge is 2.50. The van der Waals surface area contributed by atoms with Crippen molar-refractivity contribution in [1.82, 2.24) is 15.5 Å². The van der Waals surface area contributed by atoms with Crippen LogP contribution in [-0.4, -0.2) is 76.4 Å². The Morgan fingerprint density at radius 3 is 2.42 bits per heavy atom. The first kappa shape index (κ1) is 30.7. The fourth-order valence-corrected chi connectivity index (χ4v) is 4.57. The first-order valence-electron chi connectivity index (χ1n) is 12.1. The van der Waals surface area contributed by atoms with Gasteiger partial charge in [-0.05, 0) is 51.2 Å². The number of esters is 1. The predicted octanol–water partition coefficient (Wildman–Crippen LogP) is 2.62. The van der Waals surface area contributed by atoms with Gasteiger partial charge in [0.2, 0.25) is 11.8 Å². The Hall–Kier alpha value is -3.54. The average Bonchev–Trinajstić information content (AvgIpc) is 2.83. The molecule has 2 rings (SSSR count). The predicted molar refractivity (Wildman–Crippen MR) is 141 cm³/mol. The zero-order chi connectivity index (χ0) is 28.5. The number of likely N-dealkylation sites (tertiary alicyclic amines) is 1. The van der Waals surface area contributed by atoms with Crippen molar-refractivity contribution < 1.29 is 38.6 Å². The van der Waals surface area contributed by atoms with E-state index in [1.54, 1.807) is 70.4 Å². The average molecular weight is 550 g/mol. The Morgan fingerprint density at radius 1 is 1.18 bits per heavy atom. The van der Waals surface area contributed by atoms with Crippen LogP contribution in [0, 0.1) is 0 Å². The van der Waals surface area contributed by atoms with Crippen molar-refractivity contribution in [2.75, 3.05) is 18.9 Å². The summed E-state index contributed by atoms with van der Waals surface area (Å²) in [4.78, 5) is 62.7. The topological polar surface area (TPSA) is 151 Å². The van der Waals surface area contributed by atoms with E-state index in [4.69, 9.17) is 9.47 Å². The van der Waals surface area contributed by atoms with Crippen molar-refractivity contribution in [3.8, 4) is 0 Å². The number of nitrogens with one attached hydrogen (secondary N) is 2. The number of thioether (sulfide) groups is 1. The van der Waals surface area contributed by atoms with E-state index in [9.17, 15) is 29.1 Å². The van der Waals surface area contributed by atoms with Gasteiger partial charge in [-0.2, -0.15) is 0 Å². The number of aliphatic carboxylic acids is 1. The van der Waals surface area contributed by atoms with Gasteiger partial charge >= 0.3 is 18.0 Å². The van der Waals surface area contributed by atoms with Gasteiger partial charge in [0.1, 0.15) is 24.2 Å². The van der Waals surface area contributed by atoms with Crippen molar-refractivity contribution in [1.29, 1.82) is 0 Å². The smallest absolute Gasteiger partial charge is 0.408 e. The van der Waals surface area contributed by atoms with Crippen LogP contribution < -0.4 is 10.6 Å². The Labute approximate surface area is 226 Å². The van der Waals surface area contributed by atoms with Crippen molar-refractivity contribution in [3.63, 3.8) is 0 Å². The van der Waals surface area contributed by atoms with E-state index in [2.05, 4.69) is 10.6 Å². The van der Waals surface area contributed by atoms with E-state index in [0.717, 1.165) is 4.90 Å². The maximum Gasteiger partial charge on any atom is 0.408 e. The van der Waals surface area contributed by atoms with E-state index in [0.29, 0.717) is 23.5 Å². The highest BCUT2D eigenvalue weighted by molar-refractivity contribution is 8.02. The van der Waals surface area contributed by atoms with Crippen molar-refractivity contribution in [3.05, 3.63) is 46.9 Å². The van der Waals surface area contributed by atoms with Crippen LogP contribution in [-0.2, 0) is 28.7 Å². The minimum Gasteiger partial charge on any atom is -0.480 e. The molecule has 3 amide bonds. The van der Waals surface area contributed by atoms with Crippen LogP contribution in [0.1, 0.15) is 52.6 Å². The highest BCUT2D eigenvalue weighted by atomic mass is 32.2. The van der Waals surface area contributed by atoms with Gasteiger partial charge in [-0.3, -0.25) is 19.2 Å². The zero-order valence-corrected chi connectivity index (χ0v) is 23.0. The number of carbonyl (C=O) groups excluding carboxylic acids is 4. The van der Waals surface area contributed by atoms with Crippen LogP contribution in [0.5, 0.6) is 0 Å². The van der Waals surface area contributed by atoms with Crippen molar-refractivity contribution in [2.24, 2.45) is 0 Å². The number of hydrogen-bond acceptors (Lipinski definition) is 8. The van der Waals surface area contributed by atoms with E-state index in [-0.39, 0.29) is 12.4 Å². The second-order valence-electron chi connectivity index (χ2n) is 9.57. The summed E-state index contributed by atoms with van der Waals surface area (Å²) in [6.07, 6.45) is -0.612. The highest BCUT2D eigenvalue weighted by Crippen LogP contribution is 2.29. The molecule has 1 saturated heterocycles. The molecule has 38 heavy (non-hydrogen) atoms. The van der Waals surface area contributed by atoms with Crippen molar-refractivity contribution in [2.45, 2.75) is 64.8 Å². The summed E-state index contributed by atoms with van der Waals surface area (Å²) >= 11 is 1.32. The number of carbonyl (C=O) groups is 5. The molecular weight excluding hydrogens is 514 g/mol. The second-order valence-corrected chi connectivity index (χ2v) is 10.5. The molecule has 0 bridgehead atoms. The lowest BCUT2D eigenvalue weighted by molar-refractivity contribution is -0.158. The number of amides is 3. The molecule has 0 saturated carbocycles. The van der Waals surface area contributed by atoms with Gasteiger partial charge in [-0.1, -0.05) is 30.3 Å². The van der Waals surface area contributed by atoms with Gasteiger partial charge in [-0.15, -0.1) is 11.8 Å². The monoisotopic (exact) mass is 549 g/mol. The van der Waals surface area contributed by atoms with Gasteiger partial charge in [0.15, 0.2) is 0 Å². The third-order valence-corrected chi connectivity index (χ3v) is 6.30. The zero-order valence-electron chi connectivity index (χ0n) is 22.2. The SMILES string of the molecule is CCOC(=O)CCSC=C(C)C1C(NC(=O)C(NC(=O)OC(C)(C)C)c2ccccc2)C(=O)N1CC(=O)O. The van der Waals surface area contributed by atoms with Gasteiger partial charge in [0.25, 0.3) is 0 Å². The van der Waals surface area contributed by atoms with E-state index in [1.165, 1.54) is 11.8 Å². The van der Waals surface area contributed by atoms with Crippen LogP contribution in [0.4, 0.5) is 4.79 Å². The van der Waals surface area contributed by atoms with Gasteiger partial charge < -0.3 is 30.1 Å². The summed E-state index contributed by atoms with van der Waals surface area (Å²) in [7, 11) is 0. The summed E-state index contributed by atoms with van der Waals surface area (Å²) in [6, 6.07) is 5.59. The maximum absolute atomic E-state index is 13.3. The Bertz CT molecular complexity index is 1050. The molecule has 1 aromatic carbocycles. The first-order valence-corrected chi connectivity index (χ1v) is 13.2. The lowest BCUT2D eigenvalue weighted by Crippen LogP contribution is -2.72. The summed E-state index contributed by atoms with van der Waals surface area (Å²) in [6.45, 7) is 8.28. The number of ether oxygens (including phenoxy) is 2. The fourth-order valence-electron chi connectivity index (χ4n) is 3.76. The van der Waals surface area contributed by atoms with Crippen molar-refractivity contribution >= 4 is 41.6 Å². The van der Waals surface area contributed by atoms with E-state index >= 15 is 0 Å². The van der Waals surface area contributed by atoms with E-state index < -0.39 is 54.1 Å². The Morgan fingerprint density at radius 2 is 1.84 bits per heavy atom.